The van der Waals surface area contributed by atoms with Gasteiger partial charge in [0.25, 0.3) is 0 Å². The zero-order valence-electron chi connectivity index (χ0n) is 22.5. The minimum Gasteiger partial charge on any atom is -0.390 e. The van der Waals surface area contributed by atoms with E-state index < -0.39 is 18.2 Å². The number of aliphatic hydroxyl groups is 1. The number of nitrogens with one attached hydrogen (secondary N) is 2. The van der Waals surface area contributed by atoms with Gasteiger partial charge in [0.1, 0.15) is 0 Å². The van der Waals surface area contributed by atoms with Crippen LogP contribution in [-0.4, -0.2) is 35.7 Å². The first-order valence-electron chi connectivity index (χ1n) is 12.3. The number of carbonyl (C=O) groups is 1. The van der Waals surface area contributed by atoms with Gasteiger partial charge in [-0.1, -0.05) is 102 Å². The monoisotopic (exact) mass is 547 g/mol. The van der Waals surface area contributed by atoms with Gasteiger partial charge in [-0.2, -0.15) is 6.42 Å². The fourth-order valence-electron chi connectivity index (χ4n) is 2.90. The molecule has 191 valence electrons. The van der Waals surface area contributed by atoms with Crippen LogP contribution in [-0.2, 0) is 50.5 Å². The predicted octanol–water partition coefficient (Wildman–Crippen LogP) is 4.80. The molecule has 0 saturated heterocycles. The summed E-state index contributed by atoms with van der Waals surface area (Å²) in [5.41, 5.74) is 9.18. The summed E-state index contributed by atoms with van der Waals surface area (Å²) in [5, 5.41) is 16.8. The van der Waals surface area contributed by atoms with Crippen LogP contribution in [0.2, 0.25) is 0 Å². The molecule has 3 atom stereocenters. The molecule has 2 aromatic carbocycles. The summed E-state index contributed by atoms with van der Waals surface area (Å²) >= 11 is 0. The van der Waals surface area contributed by atoms with Crippen molar-refractivity contribution in [1.29, 1.82) is 0 Å². The van der Waals surface area contributed by atoms with Gasteiger partial charge in [-0.15, -0.1) is 0 Å². The number of amides is 1. The van der Waals surface area contributed by atoms with Gasteiger partial charge in [-0.05, 0) is 24.5 Å². The van der Waals surface area contributed by atoms with Crippen molar-refractivity contribution < 1.29 is 42.6 Å². The van der Waals surface area contributed by atoms with Crippen LogP contribution in [0.5, 0.6) is 0 Å². The first-order valence-corrected chi connectivity index (χ1v) is 12.3. The molecule has 1 radical (unpaired) electrons. The quantitative estimate of drug-likeness (QED) is 0.322. The van der Waals surface area contributed by atoms with Crippen molar-refractivity contribution in [3.63, 3.8) is 0 Å². The molecular formula is C28H48N3O2Y-. The number of aryl methyl sites for hydroxylation is 1. The van der Waals surface area contributed by atoms with Crippen LogP contribution in [0.25, 0.3) is 0 Å². The van der Waals surface area contributed by atoms with Crippen LogP contribution >= 0.6 is 0 Å². The van der Waals surface area contributed by atoms with Crippen LogP contribution in [0, 0.1) is 13.8 Å². The van der Waals surface area contributed by atoms with Crippen molar-refractivity contribution in [3.8, 4) is 0 Å². The first kappa shape index (κ1) is 37.4. The molecule has 5 N–H and O–H groups in total. The van der Waals surface area contributed by atoms with Gasteiger partial charge in [0.2, 0.25) is 5.91 Å². The van der Waals surface area contributed by atoms with Crippen LogP contribution in [0.15, 0.2) is 54.6 Å². The summed E-state index contributed by atoms with van der Waals surface area (Å²) in [6, 6.07) is 16.9. The van der Waals surface area contributed by atoms with Gasteiger partial charge in [-0.25, -0.2) is 0 Å². The Kier molecular flexibility index (Phi) is 27.5. The average Bonchev–Trinajstić information content (AvgIpc) is 2.87. The Bertz CT molecular complexity index is 714. The van der Waals surface area contributed by atoms with Crippen molar-refractivity contribution >= 4 is 5.91 Å². The third-order valence-corrected chi connectivity index (χ3v) is 4.50. The average molecular weight is 548 g/mol. The summed E-state index contributed by atoms with van der Waals surface area (Å²) in [5.74, 6) is -0.288. The predicted molar refractivity (Wildman–Crippen MR) is 143 cm³/mol. The standard InChI is InChI=1S/C22H30N3O2.3C2H6.Y/c1-3-19(23)22(27)25-20(13-17-9-5-4-6-10-17)21(26)15-24-14-18-11-7-8-16(2)12-18;3*1-2;/h4-12,19-21,24,26H,1,3,13-15,23H2,2H3,(H,25,27);3*1-2H3;/q-1;;;;. The smallest absolute Gasteiger partial charge is 0.234 e. The largest absolute Gasteiger partial charge is 0.390 e. The molecule has 6 heteroatoms. The van der Waals surface area contributed by atoms with E-state index >= 15 is 0 Å². The molecule has 0 saturated carbocycles. The zero-order valence-corrected chi connectivity index (χ0v) is 25.3. The van der Waals surface area contributed by atoms with Crippen LogP contribution in [0.3, 0.4) is 0 Å². The van der Waals surface area contributed by atoms with Gasteiger partial charge >= 0.3 is 0 Å². The Morgan fingerprint density at radius 3 is 2.06 bits per heavy atom. The second-order valence-corrected chi connectivity index (χ2v) is 6.89. The fraction of sp³-hybridized carbons (Fsp3) is 0.500. The second kappa shape index (κ2) is 25.0. The van der Waals surface area contributed by atoms with Crippen molar-refractivity contribution in [2.45, 2.75) is 86.0 Å². The molecule has 0 aliphatic carbocycles. The van der Waals surface area contributed by atoms with Crippen LogP contribution < -0.4 is 16.4 Å². The van der Waals surface area contributed by atoms with Gasteiger partial charge in [0, 0.05) is 45.8 Å². The SMILES string of the molecule is CC.CC.CC.[CH2-]CC(N)C(=O)NC(Cc1ccccc1)C(O)CNCc1cccc(C)c1.[Y]. The Morgan fingerprint density at radius 2 is 1.53 bits per heavy atom. The maximum atomic E-state index is 12.2. The van der Waals surface area contributed by atoms with Gasteiger partial charge in [-0.3, -0.25) is 4.79 Å². The van der Waals surface area contributed by atoms with Crippen molar-refractivity contribution in [1.82, 2.24) is 10.6 Å². The van der Waals surface area contributed by atoms with E-state index in [4.69, 9.17) is 5.73 Å². The topological polar surface area (TPSA) is 87.4 Å². The molecule has 0 aliphatic rings. The van der Waals surface area contributed by atoms with E-state index in [0.29, 0.717) is 25.9 Å². The van der Waals surface area contributed by atoms with E-state index in [1.54, 1.807) is 0 Å². The number of hydrogen-bond acceptors (Lipinski definition) is 4. The third-order valence-electron chi connectivity index (χ3n) is 4.50. The molecule has 0 aromatic heterocycles. The van der Waals surface area contributed by atoms with Crippen LogP contribution in [0.4, 0.5) is 0 Å². The molecule has 1 amide bonds. The van der Waals surface area contributed by atoms with E-state index in [-0.39, 0.29) is 38.6 Å². The Morgan fingerprint density at radius 1 is 0.971 bits per heavy atom. The fourth-order valence-corrected chi connectivity index (χ4v) is 2.90. The van der Waals surface area contributed by atoms with E-state index in [1.807, 2.05) is 84.0 Å². The minimum atomic E-state index is -0.740. The molecular weight excluding hydrogens is 499 g/mol. The number of aliphatic hydroxyl groups excluding tert-OH is 1. The minimum absolute atomic E-state index is 0. The number of nitrogens with two attached hydrogens (primary N) is 1. The van der Waals surface area contributed by atoms with Gasteiger partial charge in [0.15, 0.2) is 0 Å². The molecule has 2 rings (SSSR count). The first-order chi connectivity index (χ1) is 16.0. The number of hydrogen-bond donors (Lipinski definition) is 4. The van der Waals surface area contributed by atoms with Crippen molar-refractivity contribution in [3.05, 3.63) is 78.2 Å². The molecule has 0 spiro atoms. The summed E-state index contributed by atoms with van der Waals surface area (Å²) in [7, 11) is 0. The number of benzene rings is 2. The Labute approximate surface area is 234 Å². The Hall–Kier alpha value is -1.11. The molecule has 34 heavy (non-hydrogen) atoms. The molecule has 0 heterocycles. The summed E-state index contributed by atoms with van der Waals surface area (Å²) in [6.07, 6.45) is 0.103. The van der Waals surface area contributed by atoms with Crippen molar-refractivity contribution in [2.24, 2.45) is 5.73 Å². The summed E-state index contributed by atoms with van der Waals surface area (Å²) in [4.78, 5) is 12.2. The molecule has 0 bridgehead atoms. The number of carbonyl (C=O) groups excluding carboxylic acids is 1. The maximum absolute atomic E-state index is 12.2. The molecule has 3 unspecified atom stereocenters. The molecule has 0 fully saturated rings. The summed E-state index contributed by atoms with van der Waals surface area (Å²) in [6.45, 7) is 18.7. The maximum Gasteiger partial charge on any atom is 0.234 e. The second-order valence-electron chi connectivity index (χ2n) is 6.89. The Balaban J connectivity index is -0.00000127. The molecule has 0 aliphatic heterocycles. The zero-order chi connectivity index (χ0) is 25.6. The van der Waals surface area contributed by atoms with E-state index in [9.17, 15) is 9.90 Å². The van der Waals surface area contributed by atoms with Gasteiger partial charge in [0.05, 0.1) is 18.2 Å². The third kappa shape index (κ3) is 16.5. The molecule has 5 nitrogen and oxygen atoms in total. The van der Waals surface area contributed by atoms with E-state index in [0.717, 1.165) is 11.1 Å². The normalized spacial score (nSPS) is 11.9. The van der Waals surface area contributed by atoms with E-state index in [2.05, 4.69) is 36.6 Å². The van der Waals surface area contributed by atoms with Gasteiger partial charge < -0.3 is 28.4 Å². The van der Waals surface area contributed by atoms with Crippen LogP contribution in [0.1, 0.15) is 64.7 Å². The summed E-state index contributed by atoms with van der Waals surface area (Å²) < 4.78 is 0. The van der Waals surface area contributed by atoms with Crippen molar-refractivity contribution in [2.75, 3.05) is 6.54 Å². The van der Waals surface area contributed by atoms with E-state index in [1.165, 1.54) is 5.56 Å². The molecule has 2 aromatic rings. The number of rotatable bonds is 10.